The quantitative estimate of drug-likeness (QED) is 0.738. The number of carbonyl (C=O) groups excluding carboxylic acids is 2. The highest BCUT2D eigenvalue weighted by Gasteiger charge is 2.29. The predicted molar refractivity (Wildman–Crippen MR) is 94.1 cm³/mol. The van der Waals surface area contributed by atoms with Crippen LogP contribution in [0.15, 0.2) is 53.3 Å². The minimum atomic E-state index is -0.523. The van der Waals surface area contributed by atoms with Crippen molar-refractivity contribution in [3.05, 3.63) is 48.3 Å². The molecule has 2 aliphatic heterocycles. The Bertz CT molecular complexity index is 674. The molecule has 0 aromatic carbocycles. The number of piperidine rings is 1. The topological polar surface area (TPSA) is 103 Å². The maximum absolute atomic E-state index is 12.2. The zero-order valence-electron chi connectivity index (χ0n) is 14.3. The number of hydrogen-bond acceptors (Lipinski definition) is 6. The SMILES string of the molecule is C=C1/C=C\C(CC)=N\C(OCCN)=CC(C2CCC(=O)NC2=O)=CO1. The Hall–Kier alpha value is -2.67. The molecule has 0 saturated carbocycles. The van der Waals surface area contributed by atoms with Crippen LogP contribution in [0.1, 0.15) is 26.2 Å². The lowest BCUT2D eigenvalue weighted by Gasteiger charge is -2.22. The summed E-state index contributed by atoms with van der Waals surface area (Å²) >= 11 is 0. The van der Waals surface area contributed by atoms with Crippen LogP contribution in [0.5, 0.6) is 0 Å². The number of rotatable bonds is 5. The molecule has 3 N–H and O–H groups in total. The molecule has 134 valence electrons. The fraction of sp³-hybridized carbons (Fsp3) is 0.389. The first-order chi connectivity index (χ1) is 12.0. The van der Waals surface area contributed by atoms with Crippen molar-refractivity contribution in [3.63, 3.8) is 0 Å². The van der Waals surface area contributed by atoms with Crippen LogP contribution in [0.4, 0.5) is 0 Å². The van der Waals surface area contributed by atoms with Crippen LogP contribution >= 0.6 is 0 Å². The van der Waals surface area contributed by atoms with Crippen molar-refractivity contribution in [1.29, 1.82) is 0 Å². The summed E-state index contributed by atoms with van der Waals surface area (Å²) < 4.78 is 11.1. The highest BCUT2D eigenvalue weighted by atomic mass is 16.5. The Morgan fingerprint density at radius 3 is 2.92 bits per heavy atom. The lowest BCUT2D eigenvalue weighted by molar-refractivity contribution is -0.135. The molecule has 1 fully saturated rings. The normalized spacial score (nSPS) is 25.0. The van der Waals surface area contributed by atoms with Gasteiger partial charge in [-0.25, -0.2) is 4.99 Å². The molecule has 1 unspecified atom stereocenters. The summed E-state index contributed by atoms with van der Waals surface area (Å²) in [6.45, 7) is 6.41. The lowest BCUT2D eigenvalue weighted by atomic mass is 9.90. The van der Waals surface area contributed by atoms with Gasteiger partial charge in [0, 0.05) is 30.3 Å². The van der Waals surface area contributed by atoms with Gasteiger partial charge < -0.3 is 15.2 Å². The summed E-state index contributed by atoms with van der Waals surface area (Å²) in [5, 5.41) is 2.34. The second-order valence-corrected chi connectivity index (χ2v) is 5.62. The van der Waals surface area contributed by atoms with Gasteiger partial charge >= 0.3 is 0 Å². The molecule has 0 aromatic heterocycles. The van der Waals surface area contributed by atoms with E-state index in [0.717, 1.165) is 5.71 Å². The molecular weight excluding hydrogens is 322 g/mol. The second kappa shape index (κ2) is 8.98. The van der Waals surface area contributed by atoms with Crippen LogP contribution in [0.2, 0.25) is 0 Å². The van der Waals surface area contributed by atoms with Crippen LogP contribution in [-0.2, 0) is 19.1 Å². The molecule has 0 bridgehead atoms. The van der Waals surface area contributed by atoms with Gasteiger partial charge in [0.2, 0.25) is 17.7 Å². The van der Waals surface area contributed by atoms with Gasteiger partial charge in [0.15, 0.2) is 0 Å². The number of ether oxygens (including phenoxy) is 2. The summed E-state index contributed by atoms with van der Waals surface area (Å²) in [7, 11) is 0. The van der Waals surface area contributed by atoms with E-state index in [2.05, 4.69) is 16.9 Å². The zero-order chi connectivity index (χ0) is 18.2. The molecule has 0 spiro atoms. The largest absolute Gasteiger partial charge is 0.476 e. The minimum absolute atomic E-state index is 0.269. The summed E-state index contributed by atoms with van der Waals surface area (Å²) in [6, 6.07) is 0. The molecule has 2 aliphatic rings. The van der Waals surface area contributed by atoms with E-state index in [1.165, 1.54) is 6.26 Å². The number of carbonyl (C=O) groups is 2. The molecule has 25 heavy (non-hydrogen) atoms. The first-order valence-corrected chi connectivity index (χ1v) is 8.23. The van der Waals surface area contributed by atoms with Crippen LogP contribution in [0.25, 0.3) is 0 Å². The van der Waals surface area contributed by atoms with Gasteiger partial charge in [0.05, 0.1) is 12.2 Å². The number of imide groups is 1. The standard InChI is InChI=1S/C18H23N3O4/c1-3-14-5-4-12(2)25-11-13(10-17(20-14)24-9-8-19)15-6-7-16(22)21-18(15)23/h4-5,10-11,15H,2-3,6-9,19H2,1H3,(H,21,22,23)/b5-4-,13-11?,17-10?,20-14+. The number of amides is 2. The van der Waals surface area contributed by atoms with Gasteiger partial charge in [-0.2, -0.15) is 0 Å². The summed E-state index contributed by atoms with van der Waals surface area (Å²) in [6.07, 6.45) is 7.95. The zero-order valence-corrected chi connectivity index (χ0v) is 14.3. The number of nitrogens with one attached hydrogen (secondary N) is 1. The average molecular weight is 345 g/mol. The van der Waals surface area contributed by atoms with E-state index in [-0.39, 0.29) is 18.2 Å². The molecule has 0 radical (unpaired) electrons. The smallest absolute Gasteiger partial charge is 0.234 e. The van der Waals surface area contributed by atoms with Gasteiger partial charge in [-0.3, -0.25) is 14.9 Å². The third kappa shape index (κ3) is 5.42. The third-order valence-electron chi connectivity index (χ3n) is 3.72. The van der Waals surface area contributed by atoms with Crippen LogP contribution < -0.4 is 11.1 Å². The summed E-state index contributed by atoms with van der Waals surface area (Å²) in [5.74, 6) is -0.390. The Kier molecular flexibility index (Phi) is 6.71. The fourth-order valence-corrected chi connectivity index (χ4v) is 2.39. The molecule has 7 heteroatoms. The van der Waals surface area contributed by atoms with Crippen molar-refractivity contribution >= 4 is 17.5 Å². The van der Waals surface area contributed by atoms with E-state index in [0.29, 0.717) is 43.2 Å². The Labute approximate surface area is 147 Å². The van der Waals surface area contributed by atoms with E-state index in [4.69, 9.17) is 15.2 Å². The van der Waals surface area contributed by atoms with Crippen molar-refractivity contribution in [1.82, 2.24) is 5.32 Å². The van der Waals surface area contributed by atoms with Crippen molar-refractivity contribution in [2.75, 3.05) is 13.2 Å². The number of nitrogens with two attached hydrogens (primary N) is 1. The van der Waals surface area contributed by atoms with Crippen molar-refractivity contribution < 1.29 is 19.1 Å². The fourth-order valence-electron chi connectivity index (χ4n) is 2.39. The molecule has 1 saturated heterocycles. The van der Waals surface area contributed by atoms with E-state index in [9.17, 15) is 9.59 Å². The maximum atomic E-state index is 12.2. The van der Waals surface area contributed by atoms with E-state index in [1.54, 1.807) is 18.2 Å². The van der Waals surface area contributed by atoms with Crippen LogP contribution in [0, 0.1) is 5.92 Å². The van der Waals surface area contributed by atoms with Gasteiger partial charge in [0.25, 0.3) is 0 Å². The van der Waals surface area contributed by atoms with Crippen molar-refractivity contribution in [2.24, 2.45) is 16.6 Å². The maximum Gasteiger partial charge on any atom is 0.234 e. The third-order valence-corrected chi connectivity index (χ3v) is 3.72. The van der Waals surface area contributed by atoms with E-state index < -0.39 is 5.92 Å². The van der Waals surface area contributed by atoms with Gasteiger partial charge in [-0.1, -0.05) is 13.5 Å². The lowest BCUT2D eigenvalue weighted by Crippen LogP contribution is -2.41. The average Bonchev–Trinajstić information content (AvgIpc) is 2.59. The van der Waals surface area contributed by atoms with E-state index >= 15 is 0 Å². The van der Waals surface area contributed by atoms with Gasteiger partial charge in [0.1, 0.15) is 12.4 Å². The first kappa shape index (κ1) is 18.7. The summed E-state index contributed by atoms with van der Waals surface area (Å²) in [5.41, 5.74) is 6.84. The number of nitrogens with zero attached hydrogens (tertiary/aromatic N) is 1. The minimum Gasteiger partial charge on any atom is -0.476 e. The first-order valence-electron chi connectivity index (χ1n) is 8.23. The highest BCUT2D eigenvalue weighted by molar-refractivity contribution is 6.00. The second-order valence-electron chi connectivity index (χ2n) is 5.62. The molecule has 2 amide bonds. The Morgan fingerprint density at radius 2 is 2.24 bits per heavy atom. The van der Waals surface area contributed by atoms with Crippen LogP contribution in [-0.4, -0.2) is 30.7 Å². The monoisotopic (exact) mass is 345 g/mol. The predicted octanol–water partition coefficient (Wildman–Crippen LogP) is 1.69. The Morgan fingerprint density at radius 1 is 1.44 bits per heavy atom. The molecular formula is C18H23N3O4. The van der Waals surface area contributed by atoms with E-state index in [1.807, 2.05) is 6.92 Å². The molecule has 2 heterocycles. The number of allylic oxidation sites excluding steroid dienone is 3. The highest BCUT2D eigenvalue weighted by Crippen LogP contribution is 2.25. The molecule has 0 aliphatic carbocycles. The molecule has 2 rings (SSSR count). The van der Waals surface area contributed by atoms with Crippen molar-refractivity contribution in [3.8, 4) is 0 Å². The van der Waals surface area contributed by atoms with Crippen LogP contribution in [0.3, 0.4) is 0 Å². The number of hydrogen-bond donors (Lipinski definition) is 2. The molecule has 0 aromatic rings. The Balaban J connectivity index is 2.39. The number of aliphatic imine (C=N–C) groups is 1. The van der Waals surface area contributed by atoms with Gasteiger partial charge in [-0.15, -0.1) is 0 Å². The summed E-state index contributed by atoms with van der Waals surface area (Å²) in [4.78, 5) is 28.1. The van der Waals surface area contributed by atoms with Crippen molar-refractivity contribution in [2.45, 2.75) is 26.2 Å². The molecule has 1 atom stereocenters. The molecule has 7 nitrogen and oxygen atoms in total. The van der Waals surface area contributed by atoms with Gasteiger partial charge in [-0.05, 0) is 25.0 Å².